The number of methoxy groups -OCH3 is 1. The van der Waals surface area contributed by atoms with Gasteiger partial charge in [0.1, 0.15) is 0 Å². The van der Waals surface area contributed by atoms with Crippen molar-refractivity contribution in [3.8, 4) is 0 Å². The third kappa shape index (κ3) is 5.04. The minimum Gasteiger partial charge on any atom is -0.378 e. The maximum atomic E-state index is 12.0. The molecule has 0 spiro atoms. The Morgan fingerprint density at radius 3 is 2.71 bits per heavy atom. The van der Waals surface area contributed by atoms with Gasteiger partial charge in [0.15, 0.2) is 0 Å². The van der Waals surface area contributed by atoms with E-state index in [0.29, 0.717) is 12.5 Å². The van der Waals surface area contributed by atoms with E-state index >= 15 is 0 Å². The lowest BCUT2D eigenvalue weighted by Gasteiger charge is -2.30. The summed E-state index contributed by atoms with van der Waals surface area (Å²) in [5.41, 5.74) is -0.370. The molecule has 4 heteroatoms. The molecular formula is C13H26N2O2. The van der Waals surface area contributed by atoms with Crippen LogP contribution in [0.2, 0.25) is 0 Å². The van der Waals surface area contributed by atoms with Crippen LogP contribution in [0.4, 0.5) is 0 Å². The lowest BCUT2D eigenvalue weighted by Crippen LogP contribution is -2.45. The lowest BCUT2D eigenvalue weighted by molar-refractivity contribution is -0.135. The van der Waals surface area contributed by atoms with Crippen LogP contribution < -0.4 is 5.32 Å². The summed E-state index contributed by atoms with van der Waals surface area (Å²) in [5.74, 6) is 0.157. The van der Waals surface area contributed by atoms with Crippen molar-refractivity contribution in [2.75, 3.05) is 27.2 Å². The number of likely N-dealkylation sites (N-methyl/N-ethyl adjacent to an activating group) is 1. The molecule has 17 heavy (non-hydrogen) atoms. The second-order valence-electron chi connectivity index (χ2n) is 5.56. The van der Waals surface area contributed by atoms with Crippen LogP contribution in [-0.2, 0) is 9.53 Å². The molecule has 0 saturated carbocycles. The quantitative estimate of drug-likeness (QED) is 0.792. The molecule has 0 bridgehead atoms. The van der Waals surface area contributed by atoms with Crippen molar-refractivity contribution in [3.63, 3.8) is 0 Å². The monoisotopic (exact) mass is 242 g/mol. The number of rotatable bonds is 5. The van der Waals surface area contributed by atoms with Crippen LogP contribution in [0.3, 0.4) is 0 Å². The Morgan fingerprint density at radius 2 is 2.18 bits per heavy atom. The van der Waals surface area contributed by atoms with Crippen LogP contribution in [0.25, 0.3) is 0 Å². The molecule has 1 fully saturated rings. The maximum Gasteiger partial charge on any atom is 0.225 e. The highest BCUT2D eigenvalue weighted by atomic mass is 16.5. The van der Waals surface area contributed by atoms with E-state index in [-0.39, 0.29) is 11.5 Å². The fourth-order valence-electron chi connectivity index (χ4n) is 2.08. The van der Waals surface area contributed by atoms with Crippen LogP contribution in [0, 0.1) is 0 Å². The Labute approximate surface area is 105 Å². The largest absolute Gasteiger partial charge is 0.378 e. The third-order valence-electron chi connectivity index (χ3n) is 3.46. The second kappa shape index (κ2) is 6.36. The second-order valence-corrected chi connectivity index (χ2v) is 5.56. The van der Waals surface area contributed by atoms with Crippen LogP contribution >= 0.6 is 0 Å². The number of nitrogens with zero attached hydrogens (tertiary/aromatic N) is 1. The van der Waals surface area contributed by atoms with Crippen molar-refractivity contribution in [3.05, 3.63) is 0 Å². The van der Waals surface area contributed by atoms with Crippen LogP contribution in [0.1, 0.15) is 39.5 Å². The predicted octanol–water partition coefficient (Wildman–Crippen LogP) is 1.40. The molecule has 1 N–H and O–H groups in total. The Hall–Kier alpha value is -0.610. The molecule has 1 amide bonds. The number of hydrogen-bond donors (Lipinski definition) is 1. The van der Waals surface area contributed by atoms with E-state index in [1.54, 1.807) is 7.11 Å². The first-order valence-corrected chi connectivity index (χ1v) is 6.47. The summed E-state index contributed by atoms with van der Waals surface area (Å²) in [7, 11) is 3.53. The topological polar surface area (TPSA) is 41.6 Å². The van der Waals surface area contributed by atoms with E-state index in [1.165, 1.54) is 19.3 Å². The summed E-state index contributed by atoms with van der Waals surface area (Å²) in [6.45, 7) is 5.77. The number of amides is 1. The van der Waals surface area contributed by atoms with Crippen molar-refractivity contribution in [2.24, 2.45) is 0 Å². The van der Waals surface area contributed by atoms with Crippen molar-refractivity contribution >= 4 is 5.91 Å². The smallest absolute Gasteiger partial charge is 0.225 e. The maximum absolute atomic E-state index is 12.0. The van der Waals surface area contributed by atoms with Gasteiger partial charge in [0.2, 0.25) is 5.91 Å². The van der Waals surface area contributed by atoms with E-state index in [2.05, 4.69) is 5.32 Å². The highest BCUT2D eigenvalue weighted by molar-refractivity contribution is 5.76. The number of carbonyl (C=O) groups is 1. The van der Waals surface area contributed by atoms with E-state index in [1.807, 2.05) is 25.8 Å². The summed E-state index contributed by atoms with van der Waals surface area (Å²) in [5, 5.41) is 3.46. The summed E-state index contributed by atoms with van der Waals surface area (Å²) in [6, 6.07) is 0.461. The fourth-order valence-corrected chi connectivity index (χ4v) is 2.08. The summed E-state index contributed by atoms with van der Waals surface area (Å²) in [4.78, 5) is 13.8. The minimum atomic E-state index is -0.370. The van der Waals surface area contributed by atoms with Crippen molar-refractivity contribution in [1.29, 1.82) is 0 Å². The Morgan fingerprint density at radius 1 is 1.47 bits per heavy atom. The van der Waals surface area contributed by atoms with Crippen LogP contribution in [-0.4, -0.2) is 49.7 Å². The van der Waals surface area contributed by atoms with Gasteiger partial charge in [-0.25, -0.2) is 0 Å². The molecule has 1 heterocycles. The Bertz CT molecular complexity index is 248. The average molecular weight is 242 g/mol. The first-order chi connectivity index (χ1) is 7.94. The lowest BCUT2D eigenvalue weighted by atomic mass is 10.0. The summed E-state index contributed by atoms with van der Waals surface area (Å²) < 4.78 is 5.29. The number of nitrogens with one attached hydrogen (secondary N) is 1. The Balaban J connectivity index is 2.35. The molecule has 0 aliphatic carbocycles. The molecule has 1 saturated heterocycles. The van der Waals surface area contributed by atoms with Gasteiger partial charge in [-0.15, -0.1) is 0 Å². The SMILES string of the molecule is COC(C)(C)CC(=O)N(C)CC1CCCCN1. The zero-order chi connectivity index (χ0) is 12.9. The van der Waals surface area contributed by atoms with Gasteiger partial charge in [-0.05, 0) is 33.2 Å². The molecule has 1 rings (SSSR count). The summed E-state index contributed by atoms with van der Waals surface area (Å²) in [6.07, 6.45) is 4.13. The molecule has 1 atom stereocenters. The van der Waals surface area contributed by atoms with Gasteiger partial charge < -0.3 is 15.0 Å². The van der Waals surface area contributed by atoms with Gasteiger partial charge in [0.25, 0.3) is 0 Å². The van der Waals surface area contributed by atoms with Crippen molar-refractivity contribution in [1.82, 2.24) is 10.2 Å². The van der Waals surface area contributed by atoms with E-state index in [4.69, 9.17) is 4.74 Å². The molecule has 0 aromatic carbocycles. The van der Waals surface area contributed by atoms with Gasteiger partial charge in [0, 0.05) is 26.7 Å². The number of ether oxygens (including phenoxy) is 1. The molecular weight excluding hydrogens is 216 g/mol. The normalized spacial score (nSPS) is 21.3. The first kappa shape index (κ1) is 14.5. The van der Waals surface area contributed by atoms with Gasteiger partial charge in [-0.2, -0.15) is 0 Å². The molecule has 1 unspecified atom stereocenters. The van der Waals surface area contributed by atoms with Gasteiger partial charge in [-0.1, -0.05) is 6.42 Å². The molecule has 0 aromatic heterocycles. The standard InChI is InChI=1S/C13H26N2O2/c1-13(2,17-4)9-12(16)15(3)10-11-7-5-6-8-14-11/h11,14H,5-10H2,1-4H3. The molecule has 0 aromatic rings. The molecule has 4 nitrogen and oxygen atoms in total. The zero-order valence-electron chi connectivity index (χ0n) is 11.6. The number of piperidine rings is 1. The van der Waals surface area contributed by atoms with Gasteiger partial charge in [-0.3, -0.25) is 4.79 Å². The summed E-state index contributed by atoms with van der Waals surface area (Å²) >= 11 is 0. The molecule has 1 aliphatic rings. The van der Waals surface area contributed by atoms with Crippen LogP contribution in [0.15, 0.2) is 0 Å². The molecule has 0 radical (unpaired) electrons. The third-order valence-corrected chi connectivity index (χ3v) is 3.46. The number of carbonyl (C=O) groups excluding carboxylic acids is 1. The average Bonchev–Trinajstić information content (AvgIpc) is 2.30. The first-order valence-electron chi connectivity index (χ1n) is 6.47. The predicted molar refractivity (Wildman–Crippen MR) is 69.0 cm³/mol. The van der Waals surface area contributed by atoms with Crippen molar-refractivity contribution in [2.45, 2.75) is 51.2 Å². The number of hydrogen-bond acceptors (Lipinski definition) is 3. The van der Waals surface area contributed by atoms with Crippen molar-refractivity contribution < 1.29 is 9.53 Å². The van der Waals surface area contributed by atoms with E-state index in [9.17, 15) is 4.79 Å². The fraction of sp³-hybridized carbons (Fsp3) is 0.923. The zero-order valence-corrected chi connectivity index (χ0v) is 11.6. The highest BCUT2D eigenvalue weighted by Gasteiger charge is 2.24. The highest BCUT2D eigenvalue weighted by Crippen LogP contribution is 2.15. The molecule has 1 aliphatic heterocycles. The molecule has 100 valence electrons. The van der Waals surface area contributed by atoms with E-state index in [0.717, 1.165) is 13.1 Å². The Kier molecular flexibility index (Phi) is 5.40. The van der Waals surface area contributed by atoms with Crippen LogP contribution in [0.5, 0.6) is 0 Å². The van der Waals surface area contributed by atoms with Gasteiger partial charge in [0.05, 0.1) is 12.0 Å². The van der Waals surface area contributed by atoms with Gasteiger partial charge >= 0.3 is 0 Å². The van der Waals surface area contributed by atoms with E-state index < -0.39 is 0 Å². The minimum absolute atomic E-state index is 0.157.